The summed E-state index contributed by atoms with van der Waals surface area (Å²) in [7, 11) is -3.69. The van der Waals surface area contributed by atoms with Crippen molar-refractivity contribution < 1.29 is 27.4 Å². The molecule has 0 saturated carbocycles. The molecule has 2 aromatic carbocycles. The summed E-state index contributed by atoms with van der Waals surface area (Å²) >= 11 is 0. The number of hydrogen-bond donors (Lipinski definition) is 1. The lowest BCUT2D eigenvalue weighted by Crippen LogP contribution is -2.39. The number of hydrazone groups is 1. The van der Waals surface area contributed by atoms with Gasteiger partial charge in [0.15, 0.2) is 11.5 Å². The van der Waals surface area contributed by atoms with Crippen LogP contribution in [0.2, 0.25) is 0 Å². The summed E-state index contributed by atoms with van der Waals surface area (Å²) in [5.74, 6) is 1.31. The third-order valence-electron chi connectivity index (χ3n) is 4.43. The molecule has 0 radical (unpaired) electrons. The molecule has 0 aromatic heterocycles. The standard InChI is InChI=1S/C21H25N3O6S/c1-4-28-18-8-6-17(7-9-18)24(31(3,26)27)14-21(25)23-22-15(2)16-5-10-19-20(13-16)30-12-11-29-19/h5-10,13H,4,11-12,14H2,1-3H3,(H,23,25)/b22-15-. The predicted octanol–water partition coefficient (Wildman–Crippen LogP) is 2.16. The van der Waals surface area contributed by atoms with Gasteiger partial charge in [-0.2, -0.15) is 5.10 Å². The number of carbonyl (C=O) groups is 1. The van der Waals surface area contributed by atoms with Crippen LogP contribution in [0.3, 0.4) is 0 Å². The summed E-state index contributed by atoms with van der Waals surface area (Å²) in [5.41, 5.74) is 4.05. The fraction of sp³-hybridized carbons (Fsp3) is 0.333. The molecule has 0 saturated heterocycles. The van der Waals surface area contributed by atoms with E-state index in [1.54, 1.807) is 49.4 Å². The first-order chi connectivity index (χ1) is 14.8. The summed E-state index contributed by atoms with van der Waals surface area (Å²) < 4.78 is 41.9. The second-order valence-corrected chi connectivity index (χ2v) is 8.69. The van der Waals surface area contributed by atoms with E-state index in [9.17, 15) is 13.2 Å². The SMILES string of the molecule is CCOc1ccc(N(CC(=O)N/N=C(/C)c2ccc3c(c2)OCCO3)S(C)(=O)=O)cc1. The fourth-order valence-electron chi connectivity index (χ4n) is 2.92. The number of amides is 1. The molecule has 1 heterocycles. The third kappa shape index (κ3) is 5.88. The van der Waals surface area contributed by atoms with Gasteiger partial charge in [-0.05, 0) is 56.3 Å². The summed E-state index contributed by atoms with van der Waals surface area (Å²) in [5, 5.41) is 4.09. The van der Waals surface area contributed by atoms with Crippen LogP contribution in [0, 0.1) is 0 Å². The summed E-state index contributed by atoms with van der Waals surface area (Å²) in [6, 6.07) is 11.8. The quantitative estimate of drug-likeness (QED) is 0.491. The van der Waals surface area contributed by atoms with Crippen LogP contribution >= 0.6 is 0 Å². The molecule has 0 fully saturated rings. The van der Waals surface area contributed by atoms with Crippen LogP contribution in [0.1, 0.15) is 19.4 Å². The van der Waals surface area contributed by atoms with E-state index >= 15 is 0 Å². The second-order valence-electron chi connectivity index (χ2n) is 6.79. The van der Waals surface area contributed by atoms with Gasteiger partial charge < -0.3 is 14.2 Å². The van der Waals surface area contributed by atoms with Crippen LogP contribution in [0.5, 0.6) is 17.2 Å². The molecule has 166 valence electrons. The molecule has 1 N–H and O–H groups in total. The van der Waals surface area contributed by atoms with Crippen LogP contribution in [0.4, 0.5) is 5.69 Å². The largest absolute Gasteiger partial charge is 0.494 e. The van der Waals surface area contributed by atoms with E-state index in [-0.39, 0.29) is 0 Å². The summed E-state index contributed by atoms with van der Waals surface area (Å²) in [6.07, 6.45) is 1.04. The molecule has 3 rings (SSSR count). The number of nitrogens with zero attached hydrogens (tertiary/aromatic N) is 2. The molecular weight excluding hydrogens is 422 g/mol. The van der Waals surface area contributed by atoms with Crippen molar-refractivity contribution >= 4 is 27.3 Å². The minimum absolute atomic E-state index is 0.355. The average Bonchev–Trinajstić information content (AvgIpc) is 2.75. The third-order valence-corrected chi connectivity index (χ3v) is 5.57. The van der Waals surface area contributed by atoms with Crippen LogP contribution < -0.4 is 23.9 Å². The Hall–Kier alpha value is -3.27. The number of fused-ring (bicyclic) bond motifs is 1. The van der Waals surface area contributed by atoms with E-state index in [4.69, 9.17) is 14.2 Å². The summed E-state index contributed by atoms with van der Waals surface area (Å²) in [4.78, 5) is 12.4. The van der Waals surface area contributed by atoms with Gasteiger partial charge in [-0.3, -0.25) is 9.10 Å². The number of sulfonamides is 1. The number of carbonyl (C=O) groups excluding carboxylic acids is 1. The Morgan fingerprint density at radius 3 is 2.45 bits per heavy atom. The number of ether oxygens (including phenoxy) is 3. The van der Waals surface area contributed by atoms with Gasteiger partial charge >= 0.3 is 0 Å². The number of rotatable bonds is 8. The molecule has 9 nitrogen and oxygen atoms in total. The van der Waals surface area contributed by atoms with E-state index in [1.807, 2.05) is 6.92 Å². The first kappa shape index (κ1) is 22.4. The van der Waals surface area contributed by atoms with Crippen molar-refractivity contribution in [1.29, 1.82) is 0 Å². The maximum Gasteiger partial charge on any atom is 0.260 e. The minimum Gasteiger partial charge on any atom is -0.494 e. The smallest absolute Gasteiger partial charge is 0.260 e. The zero-order valence-electron chi connectivity index (χ0n) is 17.6. The molecule has 0 unspecified atom stereocenters. The Balaban J connectivity index is 1.69. The second kappa shape index (κ2) is 9.69. The highest BCUT2D eigenvalue weighted by Crippen LogP contribution is 2.30. The maximum atomic E-state index is 12.4. The molecule has 0 atom stereocenters. The monoisotopic (exact) mass is 447 g/mol. The lowest BCUT2D eigenvalue weighted by Gasteiger charge is -2.21. The average molecular weight is 448 g/mol. The molecule has 2 aromatic rings. The first-order valence-electron chi connectivity index (χ1n) is 9.71. The predicted molar refractivity (Wildman–Crippen MR) is 118 cm³/mol. The molecule has 31 heavy (non-hydrogen) atoms. The van der Waals surface area contributed by atoms with Crippen LogP contribution in [-0.2, 0) is 14.8 Å². The number of anilines is 1. The van der Waals surface area contributed by atoms with Crippen LogP contribution in [-0.4, -0.2) is 52.7 Å². The van der Waals surface area contributed by atoms with Crippen molar-refractivity contribution in [3.05, 3.63) is 48.0 Å². The van der Waals surface area contributed by atoms with Crippen molar-refractivity contribution in [2.24, 2.45) is 5.10 Å². The van der Waals surface area contributed by atoms with Crippen molar-refractivity contribution in [3.8, 4) is 17.2 Å². The van der Waals surface area contributed by atoms with Gasteiger partial charge in [0.2, 0.25) is 10.0 Å². The Morgan fingerprint density at radius 2 is 1.81 bits per heavy atom. The Labute approximate surface area is 181 Å². The van der Waals surface area contributed by atoms with Crippen molar-refractivity contribution in [3.63, 3.8) is 0 Å². The molecule has 0 aliphatic carbocycles. The van der Waals surface area contributed by atoms with E-state index in [0.717, 1.165) is 16.1 Å². The highest BCUT2D eigenvalue weighted by atomic mass is 32.2. The lowest BCUT2D eigenvalue weighted by molar-refractivity contribution is -0.119. The zero-order valence-corrected chi connectivity index (χ0v) is 18.4. The molecule has 1 aliphatic rings. The van der Waals surface area contributed by atoms with Gasteiger partial charge in [0.25, 0.3) is 5.91 Å². The highest BCUT2D eigenvalue weighted by molar-refractivity contribution is 7.92. The maximum absolute atomic E-state index is 12.4. The molecule has 1 aliphatic heterocycles. The van der Waals surface area contributed by atoms with Crippen molar-refractivity contribution in [2.75, 3.05) is 36.9 Å². The first-order valence-corrected chi connectivity index (χ1v) is 11.6. The molecule has 1 amide bonds. The van der Waals surface area contributed by atoms with E-state index in [0.29, 0.717) is 48.5 Å². The highest BCUT2D eigenvalue weighted by Gasteiger charge is 2.21. The Morgan fingerprint density at radius 1 is 1.13 bits per heavy atom. The van der Waals surface area contributed by atoms with Gasteiger partial charge in [-0.15, -0.1) is 0 Å². The van der Waals surface area contributed by atoms with Gasteiger partial charge in [-0.1, -0.05) is 0 Å². The van der Waals surface area contributed by atoms with E-state index < -0.39 is 22.5 Å². The molecule has 0 bridgehead atoms. The van der Waals surface area contributed by atoms with Gasteiger partial charge in [0, 0.05) is 5.56 Å². The van der Waals surface area contributed by atoms with Crippen molar-refractivity contribution in [1.82, 2.24) is 5.43 Å². The van der Waals surface area contributed by atoms with Gasteiger partial charge in [0.05, 0.1) is 24.3 Å². The van der Waals surface area contributed by atoms with Gasteiger partial charge in [-0.25, -0.2) is 13.8 Å². The lowest BCUT2D eigenvalue weighted by atomic mass is 10.1. The number of hydrogen-bond acceptors (Lipinski definition) is 7. The zero-order chi connectivity index (χ0) is 22.4. The fourth-order valence-corrected chi connectivity index (χ4v) is 3.78. The number of nitrogens with one attached hydrogen (secondary N) is 1. The molecule has 10 heteroatoms. The molecule has 0 spiro atoms. The number of benzene rings is 2. The minimum atomic E-state index is -3.69. The van der Waals surface area contributed by atoms with Crippen LogP contribution in [0.25, 0.3) is 0 Å². The molecular formula is C21H25N3O6S. The summed E-state index contributed by atoms with van der Waals surface area (Å²) in [6.45, 7) is 4.64. The van der Waals surface area contributed by atoms with E-state index in [2.05, 4.69) is 10.5 Å². The van der Waals surface area contributed by atoms with Gasteiger partial charge in [0.1, 0.15) is 25.5 Å². The normalized spacial score (nSPS) is 13.5. The Kier molecular flexibility index (Phi) is 7.01. The Bertz CT molecular complexity index is 1070. The van der Waals surface area contributed by atoms with E-state index in [1.165, 1.54) is 0 Å². The van der Waals surface area contributed by atoms with Crippen molar-refractivity contribution in [2.45, 2.75) is 13.8 Å². The topological polar surface area (TPSA) is 107 Å². The van der Waals surface area contributed by atoms with Crippen LogP contribution in [0.15, 0.2) is 47.6 Å².